The number of aliphatic hydroxyl groups is 1. The van der Waals surface area contributed by atoms with Gasteiger partial charge in [-0.1, -0.05) is 30.3 Å². The summed E-state index contributed by atoms with van der Waals surface area (Å²) in [6, 6.07) is 9.96. The van der Waals surface area contributed by atoms with Crippen LogP contribution in [0.3, 0.4) is 0 Å². The number of carbonyl (C=O) groups is 1. The number of rotatable bonds is 4. The highest BCUT2D eigenvalue weighted by Crippen LogP contribution is 2.22. The molecule has 0 heterocycles. The first-order valence-corrected chi connectivity index (χ1v) is 6.05. The van der Waals surface area contributed by atoms with Crippen LogP contribution >= 0.6 is 0 Å². The summed E-state index contributed by atoms with van der Waals surface area (Å²) in [4.78, 5) is 11.3. The quantitative estimate of drug-likeness (QED) is 0.866. The Bertz CT molecular complexity index is 361. The smallest absolute Gasteiger partial charge is 0.135 e. The molecule has 0 aromatic heterocycles. The molecule has 1 fully saturated rings. The minimum absolute atomic E-state index is 0.150. The highest BCUT2D eigenvalue weighted by Gasteiger charge is 2.25. The molecule has 2 atom stereocenters. The van der Waals surface area contributed by atoms with Crippen LogP contribution in [0.25, 0.3) is 0 Å². The Kier molecular flexibility index (Phi) is 4.29. The van der Waals surface area contributed by atoms with E-state index < -0.39 is 6.10 Å². The molecule has 3 heteroatoms. The van der Waals surface area contributed by atoms with E-state index in [1.54, 1.807) is 0 Å². The average molecular weight is 234 g/mol. The topological polar surface area (TPSA) is 46.5 Å². The molecular formula is C14H18O3. The first kappa shape index (κ1) is 12.3. The number of hydrogen-bond donors (Lipinski definition) is 1. The van der Waals surface area contributed by atoms with E-state index in [0.29, 0.717) is 32.5 Å². The third kappa shape index (κ3) is 3.95. The average Bonchev–Trinajstić information content (AvgIpc) is 2.29. The molecule has 2 unspecified atom stereocenters. The molecule has 92 valence electrons. The number of aliphatic hydroxyl groups excluding tert-OH is 1. The van der Waals surface area contributed by atoms with Gasteiger partial charge in [0.2, 0.25) is 0 Å². The lowest BCUT2D eigenvalue weighted by Crippen LogP contribution is -2.28. The van der Waals surface area contributed by atoms with Crippen molar-refractivity contribution in [1.29, 1.82) is 0 Å². The van der Waals surface area contributed by atoms with Gasteiger partial charge in [-0.25, -0.2) is 0 Å². The van der Waals surface area contributed by atoms with Gasteiger partial charge in [-0.15, -0.1) is 0 Å². The van der Waals surface area contributed by atoms with Crippen molar-refractivity contribution in [3.05, 3.63) is 35.9 Å². The number of hydrogen-bond acceptors (Lipinski definition) is 3. The van der Waals surface area contributed by atoms with Crippen LogP contribution in [0, 0.1) is 5.92 Å². The summed E-state index contributed by atoms with van der Waals surface area (Å²) in [7, 11) is 0. The van der Waals surface area contributed by atoms with E-state index in [-0.39, 0.29) is 11.7 Å². The molecule has 0 bridgehead atoms. The summed E-state index contributed by atoms with van der Waals surface area (Å²) in [5, 5.41) is 9.49. The molecule has 0 spiro atoms. The van der Waals surface area contributed by atoms with Crippen molar-refractivity contribution in [3.8, 4) is 0 Å². The standard InChI is InChI=1S/C14H18O3/c15-13-6-12(7-14(16)8-13)10-17-9-11-4-2-1-3-5-11/h1-5,12-13,15H,6-10H2. The van der Waals surface area contributed by atoms with Gasteiger partial charge >= 0.3 is 0 Å². The van der Waals surface area contributed by atoms with E-state index in [1.807, 2.05) is 30.3 Å². The second-order valence-electron chi connectivity index (χ2n) is 4.70. The Morgan fingerprint density at radius 1 is 1.24 bits per heavy atom. The lowest BCUT2D eigenvalue weighted by molar-refractivity contribution is -0.125. The molecule has 17 heavy (non-hydrogen) atoms. The zero-order chi connectivity index (χ0) is 12.1. The maximum absolute atomic E-state index is 11.3. The molecule has 1 aliphatic rings. The van der Waals surface area contributed by atoms with Crippen molar-refractivity contribution in [1.82, 2.24) is 0 Å². The van der Waals surface area contributed by atoms with E-state index in [4.69, 9.17) is 4.74 Å². The highest BCUT2D eigenvalue weighted by molar-refractivity contribution is 5.79. The normalized spacial score (nSPS) is 24.9. The van der Waals surface area contributed by atoms with Gasteiger partial charge in [0, 0.05) is 12.8 Å². The van der Waals surface area contributed by atoms with Crippen LogP contribution in [-0.4, -0.2) is 23.6 Å². The summed E-state index contributed by atoms with van der Waals surface area (Å²) < 4.78 is 5.59. The van der Waals surface area contributed by atoms with Crippen molar-refractivity contribution in [2.24, 2.45) is 5.92 Å². The third-order valence-corrected chi connectivity index (χ3v) is 3.05. The first-order chi connectivity index (χ1) is 8.24. The van der Waals surface area contributed by atoms with Crippen molar-refractivity contribution in [2.45, 2.75) is 32.0 Å². The van der Waals surface area contributed by atoms with E-state index in [9.17, 15) is 9.90 Å². The van der Waals surface area contributed by atoms with Crippen molar-refractivity contribution in [2.75, 3.05) is 6.61 Å². The molecule has 0 aliphatic heterocycles. The molecule has 0 amide bonds. The Hall–Kier alpha value is -1.19. The van der Waals surface area contributed by atoms with Crippen LogP contribution in [0.4, 0.5) is 0 Å². The summed E-state index contributed by atoms with van der Waals surface area (Å²) >= 11 is 0. The van der Waals surface area contributed by atoms with E-state index in [1.165, 1.54) is 0 Å². The molecular weight excluding hydrogens is 216 g/mol. The minimum atomic E-state index is -0.471. The van der Waals surface area contributed by atoms with Gasteiger partial charge < -0.3 is 9.84 Å². The van der Waals surface area contributed by atoms with Crippen LogP contribution in [0.1, 0.15) is 24.8 Å². The molecule has 1 N–H and O–H groups in total. The lowest BCUT2D eigenvalue weighted by Gasteiger charge is -2.24. The van der Waals surface area contributed by atoms with Crippen molar-refractivity contribution >= 4 is 5.78 Å². The maximum Gasteiger partial charge on any atom is 0.135 e. The van der Waals surface area contributed by atoms with Crippen LogP contribution < -0.4 is 0 Å². The predicted molar refractivity (Wildman–Crippen MR) is 64.5 cm³/mol. The fraction of sp³-hybridized carbons (Fsp3) is 0.500. The minimum Gasteiger partial charge on any atom is -0.393 e. The van der Waals surface area contributed by atoms with E-state index in [0.717, 1.165) is 5.56 Å². The van der Waals surface area contributed by atoms with Gasteiger partial charge in [-0.05, 0) is 17.9 Å². The summed E-state index contributed by atoms with van der Waals surface area (Å²) in [5.41, 5.74) is 1.13. The Labute approximate surface area is 101 Å². The van der Waals surface area contributed by atoms with Crippen LogP contribution in [-0.2, 0) is 16.1 Å². The largest absolute Gasteiger partial charge is 0.393 e. The lowest BCUT2D eigenvalue weighted by atomic mass is 9.87. The molecule has 1 aromatic carbocycles. The van der Waals surface area contributed by atoms with Gasteiger partial charge in [0.15, 0.2) is 0 Å². The molecule has 1 saturated carbocycles. The van der Waals surface area contributed by atoms with Crippen molar-refractivity contribution < 1.29 is 14.6 Å². The van der Waals surface area contributed by atoms with Crippen LogP contribution in [0.2, 0.25) is 0 Å². The molecule has 3 nitrogen and oxygen atoms in total. The van der Waals surface area contributed by atoms with Crippen molar-refractivity contribution in [3.63, 3.8) is 0 Å². The number of Topliss-reactive ketones (excluding diaryl/α,β-unsaturated/α-hetero) is 1. The zero-order valence-electron chi connectivity index (χ0n) is 9.84. The number of benzene rings is 1. The second kappa shape index (κ2) is 5.94. The number of ether oxygens (including phenoxy) is 1. The zero-order valence-corrected chi connectivity index (χ0v) is 9.84. The number of ketones is 1. The van der Waals surface area contributed by atoms with Gasteiger partial charge in [0.05, 0.1) is 19.3 Å². The Balaban J connectivity index is 1.73. The molecule has 1 aliphatic carbocycles. The van der Waals surface area contributed by atoms with E-state index in [2.05, 4.69) is 0 Å². The second-order valence-corrected chi connectivity index (χ2v) is 4.70. The van der Waals surface area contributed by atoms with Crippen LogP contribution in [0.15, 0.2) is 30.3 Å². The van der Waals surface area contributed by atoms with Gasteiger partial charge in [-0.2, -0.15) is 0 Å². The van der Waals surface area contributed by atoms with Gasteiger partial charge in [-0.3, -0.25) is 4.79 Å². The Morgan fingerprint density at radius 3 is 2.71 bits per heavy atom. The molecule has 2 rings (SSSR count). The van der Waals surface area contributed by atoms with E-state index >= 15 is 0 Å². The molecule has 1 aromatic rings. The third-order valence-electron chi connectivity index (χ3n) is 3.05. The number of carbonyl (C=O) groups excluding carboxylic acids is 1. The maximum atomic E-state index is 11.3. The predicted octanol–water partition coefficient (Wildman–Crippen LogP) is 1.93. The Morgan fingerprint density at radius 2 is 2.00 bits per heavy atom. The summed E-state index contributed by atoms with van der Waals surface area (Å²) in [5.74, 6) is 0.326. The molecule has 0 radical (unpaired) electrons. The molecule has 0 saturated heterocycles. The SMILES string of the molecule is O=C1CC(O)CC(COCc2ccccc2)C1. The summed E-state index contributed by atoms with van der Waals surface area (Å²) in [6.07, 6.45) is 1.07. The highest BCUT2D eigenvalue weighted by atomic mass is 16.5. The van der Waals surface area contributed by atoms with Gasteiger partial charge in [0.25, 0.3) is 0 Å². The fourth-order valence-electron chi connectivity index (χ4n) is 2.26. The van der Waals surface area contributed by atoms with Gasteiger partial charge in [0.1, 0.15) is 5.78 Å². The first-order valence-electron chi connectivity index (χ1n) is 6.05. The fourth-order valence-corrected chi connectivity index (χ4v) is 2.26. The summed E-state index contributed by atoms with van der Waals surface area (Å²) in [6.45, 7) is 1.12. The monoisotopic (exact) mass is 234 g/mol. The van der Waals surface area contributed by atoms with Crippen LogP contribution in [0.5, 0.6) is 0 Å².